The Balaban J connectivity index is 1.78. The van der Waals surface area contributed by atoms with Gasteiger partial charge in [-0.3, -0.25) is 9.59 Å². The van der Waals surface area contributed by atoms with E-state index in [9.17, 15) is 23.5 Å². The molecule has 1 amide bonds. The fraction of sp³-hybridized carbons (Fsp3) is 0.231. The zero-order valence-electron chi connectivity index (χ0n) is 18.3. The quantitative estimate of drug-likeness (QED) is 0.473. The van der Waals surface area contributed by atoms with Gasteiger partial charge in [-0.15, -0.1) is 0 Å². The highest BCUT2D eigenvalue weighted by atomic mass is 19.1. The number of amides is 1. The van der Waals surface area contributed by atoms with Crippen molar-refractivity contribution in [2.24, 2.45) is 5.92 Å². The highest BCUT2D eigenvalue weighted by Crippen LogP contribution is 2.24. The lowest BCUT2D eigenvalue weighted by atomic mass is 9.94. The number of carboxylic acid groups (broad SMARTS) is 1. The number of ether oxygens (including phenoxy) is 1. The summed E-state index contributed by atoms with van der Waals surface area (Å²) >= 11 is 0. The molecule has 0 fully saturated rings. The number of carbonyl (C=O) groups is 2. The van der Waals surface area contributed by atoms with Crippen molar-refractivity contribution in [1.82, 2.24) is 5.32 Å². The number of nitrogens with one attached hydrogen (secondary N) is 1. The van der Waals surface area contributed by atoms with Crippen LogP contribution in [-0.4, -0.2) is 30.1 Å². The Hall–Kier alpha value is -3.74. The van der Waals surface area contributed by atoms with Crippen LogP contribution in [0.15, 0.2) is 66.7 Å². The summed E-state index contributed by atoms with van der Waals surface area (Å²) in [6, 6.07) is 18.8. The summed E-state index contributed by atoms with van der Waals surface area (Å²) in [5.41, 5.74) is 2.78. The molecule has 2 atom stereocenters. The Morgan fingerprint density at radius 2 is 1.55 bits per heavy atom. The van der Waals surface area contributed by atoms with Crippen molar-refractivity contribution in [2.75, 3.05) is 7.11 Å². The summed E-state index contributed by atoms with van der Waals surface area (Å²) in [5, 5.41) is 12.0. The van der Waals surface area contributed by atoms with Crippen LogP contribution in [0.2, 0.25) is 0 Å². The van der Waals surface area contributed by atoms with Gasteiger partial charge in [-0.1, -0.05) is 61.5 Å². The molecule has 0 aliphatic rings. The Kier molecular flexibility index (Phi) is 7.77. The Morgan fingerprint density at radius 3 is 2.09 bits per heavy atom. The molecular weight excluding hydrogens is 428 g/mol. The second-order valence-corrected chi connectivity index (χ2v) is 7.89. The van der Waals surface area contributed by atoms with Gasteiger partial charge >= 0.3 is 5.97 Å². The van der Waals surface area contributed by atoms with Gasteiger partial charge in [0.2, 0.25) is 0 Å². The lowest BCUT2D eigenvalue weighted by molar-refractivity contribution is -0.141. The van der Waals surface area contributed by atoms with E-state index in [-0.39, 0.29) is 12.0 Å². The molecule has 0 saturated carbocycles. The van der Waals surface area contributed by atoms with E-state index >= 15 is 0 Å². The van der Waals surface area contributed by atoms with E-state index < -0.39 is 41.2 Å². The predicted octanol–water partition coefficient (Wildman–Crippen LogP) is 5.09. The van der Waals surface area contributed by atoms with E-state index in [1.165, 1.54) is 0 Å². The summed E-state index contributed by atoms with van der Waals surface area (Å²) < 4.78 is 32.7. The van der Waals surface area contributed by atoms with E-state index in [0.29, 0.717) is 6.42 Å². The monoisotopic (exact) mass is 453 g/mol. The predicted molar refractivity (Wildman–Crippen MR) is 121 cm³/mol. The average Bonchev–Trinajstić information content (AvgIpc) is 2.79. The zero-order valence-corrected chi connectivity index (χ0v) is 18.3. The van der Waals surface area contributed by atoms with Gasteiger partial charge in [0.05, 0.1) is 13.0 Å². The number of aliphatic carboxylic acids is 1. The molecule has 0 spiro atoms. The van der Waals surface area contributed by atoms with Gasteiger partial charge in [-0.25, -0.2) is 8.78 Å². The molecule has 2 N–H and O–H groups in total. The van der Waals surface area contributed by atoms with Gasteiger partial charge in [0.15, 0.2) is 17.4 Å². The molecule has 3 aromatic rings. The molecular formula is C26H25F2NO4. The SMILES string of the molecule is COc1c(F)cc(C(=O)NC(Cc2ccc(-c3ccccc3)cc2)CC(C)C(=O)O)cc1F. The lowest BCUT2D eigenvalue weighted by Crippen LogP contribution is -2.38. The Bertz CT molecular complexity index is 1090. The number of carboxylic acids is 1. The van der Waals surface area contributed by atoms with E-state index in [4.69, 9.17) is 0 Å². The Labute approximate surface area is 191 Å². The van der Waals surface area contributed by atoms with Crippen LogP contribution in [0.5, 0.6) is 5.75 Å². The van der Waals surface area contributed by atoms with Crippen molar-refractivity contribution in [1.29, 1.82) is 0 Å². The molecule has 3 rings (SSSR count). The minimum Gasteiger partial charge on any atom is -0.491 e. The van der Waals surface area contributed by atoms with Crippen LogP contribution in [0.25, 0.3) is 11.1 Å². The van der Waals surface area contributed by atoms with Gasteiger partial charge in [0.25, 0.3) is 5.91 Å². The van der Waals surface area contributed by atoms with Crippen LogP contribution in [-0.2, 0) is 11.2 Å². The maximum absolute atomic E-state index is 14.0. The summed E-state index contributed by atoms with van der Waals surface area (Å²) in [7, 11) is 1.13. The normalized spacial score (nSPS) is 12.6. The molecule has 0 aliphatic heterocycles. The van der Waals surface area contributed by atoms with Crippen molar-refractivity contribution >= 4 is 11.9 Å². The molecule has 0 aromatic heterocycles. The number of benzene rings is 3. The number of halogens is 2. The smallest absolute Gasteiger partial charge is 0.306 e. The average molecular weight is 453 g/mol. The molecule has 0 heterocycles. The fourth-order valence-electron chi connectivity index (χ4n) is 3.62. The van der Waals surface area contributed by atoms with Crippen LogP contribution in [0, 0.1) is 17.6 Å². The zero-order chi connectivity index (χ0) is 24.0. The first kappa shape index (κ1) is 23.9. The minimum absolute atomic E-state index is 0.155. The number of hydrogen-bond acceptors (Lipinski definition) is 3. The van der Waals surface area contributed by atoms with Crippen molar-refractivity contribution < 1.29 is 28.2 Å². The van der Waals surface area contributed by atoms with E-state index in [0.717, 1.165) is 35.9 Å². The van der Waals surface area contributed by atoms with Crippen molar-refractivity contribution in [3.63, 3.8) is 0 Å². The maximum Gasteiger partial charge on any atom is 0.306 e. The summed E-state index contributed by atoms with van der Waals surface area (Å²) in [4.78, 5) is 24.1. The van der Waals surface area contributed by atoms with Crippen molar-refractivity contribution in [2.45, 2.75) is 25.8 Å². The van der Waals surface area contributed by atoms with E-state index in [1.54, 1.807) is 6.92 Å². The van der Waals surface area contributed by atoms with Crippen LogP contribution in [0.3, 0.4) is 0 Å². The first-order valence-electron chi connectivity index (χ1n) is 10.5. The van der Waals surface area contributed by atoms with Gasteiger partial charge < -0.3 is 15.2 Å². The molecule has 0 aliphatic carbocycles. The number of carbonyl (C=O) groups excluding carboxylic acids is 1. The lowest BCUT2D eigenvalue weighted by Gasteiger charge is -2.21. The van der Waals surface area contributed by atoms with Crippen molar-refractivity contribution in [3.05, 3.63) is 89.5 Å². The highest BCUT2D eigenvalue weighted by molar-refractivity contribution is 5.94. The van der Waals surface area contributed by atoms with Crippen LogP contribution < -0.4 is 10.1 Å². The first-order chi connectivity index (χ1) is 15.8. The van der Waals surface area contributed by atoms with Gasteiger partial charge in [0, 0.05) is 11.6 Å². The van der Waals surface area contributed by atoms with E-state index in [1.807, 2.05) is 54.6 Å². The summed E-state index contributed by atoms with van der Waals surface area (Å²) in [5.74, 6) is -4.96. The standard InChI is InChI=1S/C26H25F2NO4/c1-16(26(31)32)12-21(29-25(30)20-14-22(27)24(33-2)23(28)15-20)13-17-8-10-19(11-9-17)18-6-4-3-5-7-18/h3-11,14-16,21H,12-13H2,1-2H3,(H,29,30)(H,31,32). The second-order valence-electron chi connectivity index (χ2n) is 7.89. The molecule has 2 unspecified atom stereocenters. The van der Waals surface area contributed by atoms with Crippen molar-refractivity contribution in [3.8, 4) is 16.9 Å². The third kappa shape index (κ3) is 6.16. The topological polar surface area (TPSA) is 75.6 Å². The molecule has 0 radical (unpaired) electrons. The maximum atomic E-state index is 14.0. The number of rotatable bonds is 9. The number of hydrogen-bond donors (Lipinski definition) is 2. The van der Waals surface area contributed by atoms with Crippen LogP contribution in [0.4, 0.5) is 8.78 Å². The van der Waals surface area contributed by atoms with Gasteiger partial charge in [-0.2, -0.15) is 0 Å². The second kappa shape index (κ2) is 10.7. The molecule has 172 valence electrons. The summed E-state index contributed by atoms with van der Waals surface area (Å²) in [6.07, 6.45) is 0.516. The first-order valence-corrected chi connectivity index (χ1v) is 10.5. The highest BCUT2D eigenvalue weighted by Gasteiger charge is 2.23. The van der Waals surface area contributed by atoms with Gasteiger partial charge in [-0.05, 0) is 41.7 Å². The molecule has 0 saturated heterocycles. The van der Waals surface area contributed by atoms with Crippen LogP contribution in [0.1, 0.15) is 29.3 Å². The van der Waals surface area contributed by atoms with Gasteiger partial charge in [0.1, 0.15) is 0 Å². The third-order valence-electron chi connectivity index (χ3n) is 5.40. The molecule has 33 heavy (non-hydrogen) atoms. The molecule has 5 nitrogen and oxygen atoms in total. The largest absolute Gasteiger partial charge is 0.491 e. The van der Waals surface area contributed by atoms with E-state index in [2.05, 4.69) is 10.1 Å². The van der Waals surface area contributed by atoms with Crippen LogP contribution >= 0.6 is 0 Å². The molecule has 7 heteroatoms. The third-order valence-corrected chi connectivity index (χ3v) is 5.40. The molecule has 3 aromatic carbocycles. The Morgan fingerprint density at radius 1 is 0.970 bits per heavy atom. The number of methoxy groups -OCH3 is 1. The minimum atomic E-state index is -0.991. The fourth-order valence-corrected chi connectivity index (χ4v) is 3.62. The summed E-state index contributed by atoms with van der Waals surface area (Å²) in [6.45, 7) is 1.55. The molecule has 0 bridgehead atoms.